The molecule has 0 radical (unpaired) electrons. The number of anilines is 1. The molecule has 1 amide bonds. The summed E-state index contributed by atoms with van der Waals surface area (Å²) in [5.74, 6) is 0.745. The molecule has 5 nitrogen and oxygen atoms in total. The molecule has 3 rings (SSSR count). The number of nitrogens with one attached hydrogen (secondary N) is 1. The fraction of sp³-hybridized carbons (Fsp3) is 0.385. The van der Waals surface area contributed by atoms with E-state index in [9.17, 15) is 9.59 Å². The van der Waals surface area contributed by atoms with Crippen LogP contribution in [-0.2, 0) is 4.79 Å². The molecule has 1 aromatic rings. The average molecular weight is 246 g/mol. The van der Waals surface area contributed by atoms with Crippen LogP contribution in [0, 0.1) is 5.92 Å². The summed E-state index contributed by atoms with van der Waals surface area (Å²) in [4.78, 5) is 25.2. The highest BCUT2D eigenvalue weighted by Gasteiger charge is 2.28. The molecule has 0 saturated carbocycles. The molecule has 0 spiro atoms. The van der Waals surface area contributed by atoms with Crippen LogP contribution < -0.4 is 15.0 Å². The number of rotatable bonds is 2. The number of hydrogen-bond acceptors (Lipinski definition) is 4. The molecule has 0 aromatic heterocycles. The van der Waals surface area contributed by atoms with Crippen LogP contribution in [-0.4, -0.2) is 38.4 Å². The zero-order valence-electron chi connectivity index (χ0n) is 10.1. The van der Waals surface area contributed by atoms with Gasteiger partial charge in [0.25, 0.3) is 5.91 Å². The smallest absolute Gasteiger partial charge is 0.264 e. The number of ketones is 1. The molecule has 0 unspecified atom stereocenters. The quantitative estimate of drug-likeness (QED) is 0.769. The molecule has 0 aliphatic carbocycles. The Morgan fingerprint density at radius 1 is 1.44 bits per heavy atom. The number of likely N-dealkylation sites (N-methyl/N-ethyl adjacent to an activating group) is 1. The standard InChI is InChI=1S/C13H14N2O3/c1-15-10-4-8(13(17)9-5-14-6-9)2-3-11(10)18-7-12(15)16/h2-4,9,14H,5-7H2,1H3. The van der Waals surface area contributed by atoms with Gasteiger partial charge in [-0.15, -0.1) is 0 Å². The number of carbonyl (C=O) groups excluding carboxylic acids is 2. The van der Waals surface area contributed by atoms with Gasteiger partial charge in [0.15, 0.2) is 12.4 Å². The Kier molecular flexibility index (Phi) is 2.56. The van der Waals surface area contributed by atoms with Crippen LogP contribution in [0.3, 0.4) is 0 Å². The zero-order valence-corrected chi connectivity index (χ0v) is 10.1. The summed E-state index contributed by atoms with van der Waals surface area (Å²) in [6, 6.07) is 5.27. The second kappa shape index (κ2) is 4.10. The minimum atomic E-state index is -0.0996. The summed E-state index contributed by atoms with van der Waals surface area (Å²) in [6.45, 7) is 1.53. The molecule has 1 fully saturated rings. The minimum absolute atomic E-state index is 0.0589. The van der Waals surface area contributed by atoms with Gasteiger partial charge in [-0.3, -0.25) is 9.59 Å². The van der Waals surface area contributed by atoms with Gasteiger partial charge in [0.05, 0.1) is 5.69 Å². The van der Waals surface area contributed by atoms with E-state index < -0.39 is 0 Å². The molecular formula is C13H14N2O3. The van der Waals surface area contributed by atoms with Crippen molar-refractivity contribution in [2.45, 2.75) is 0 Å². The third kappa shape index (κ3) is 1.67. The number of fused-ring (bicyclic) bond motifs is 1. The molecule has 2 heterocycles. The molecule has 1 N–H and O–H groups in total. The molecule has 2 aliphatic rings. The monoisotopic (exact) mass is 246 g/mol. The maximum Gasteiger partial charge on any atom is 0.264 e. The maximum absolute atomic E-state index is 12.1. The van der Waals surface area contributed by atoms with Crippen molar-refractivity contribution in [3.8, 4) is 5.75 Å². The number of amides is 1. The molecule has 94 valence electrons. The lowest BCUT2D eigenvalue weighted by atomic mass is 9.92. The normalized spacial score (nSPS) is 18.9. The number of nitrogens with zero attached hydrogens (tertiary/aromatic N) is 1. The van der Waals surface area contributed by atoms with Crippen LogP contribution >= 0.6 is 0 Å². The van der Waals surface area contributed by atoms with E-state index in [0.29, 0.717) is 17.0 Å². The Hall–Kier alpha value is -1.88. The molecule has 0 bridgehead atoms. The predicted molar refractivity (Wildman–Crippen MR) is 66.0 cm³/mol. The van der Waals surface area contributed by atoms with Crippen LogP contribution in [0.15, 0.2) is 18.2 Å². The van der Waals surface area contributed by atoms with Crippen molar-refractivity contribution in [1.29, 1.82) is 0 Å². The van der Waals surface area contributed by atoms with Gasteiger partial charge in [-0.25, -0.2) is 0 Å². The van der Waals surface area contributed by atoms with Crippen molar-refractivity contribution >= 4 is 17.4 Å². The average Bonchev–Trinajstić information content (AvgIpc) is 2.31. The van der Waals surface area contributed by atoms with Gasteiger partial charge in [-0.05, 0) is 18.2 Å². The summed E-state index contributed by atoms with van der Waals surface area (Å²) in [5.41, 5.74) is 1.31. The van der Waals surface area contributed by atoms with E-state index >= 15 is 0 Å². The molecular weight excluding hydrogens is 232 g/mol. The first-order valence-electron chi connectivity index (χ1n) is 5.95. The lowest BCUT2D eigenvalue weighted by Gasteiger charge is -2.28. The van der Waals surface area contributed by atoms with Crippen molar-refractivity contribution in [2.75, 3.05) is 31.6 Å². The van der Waals surface area contributed by atoms with Gasteiger partial charge < -0.3 is 15.0 Å². The van der Waals surface area contributed by atoms with E-state index in [0.717, 1.165) is 13.1 Å². The molecule has 18 heavy (non-hydrogen) atoms. The first kappa shape index (κ1) is 11.2. The van der Waals surface area contributed by atoms with Crippen LogP contribution in [0.4, 0.5) is 5.69 Å². The molecule has 5 heteroatoms. The van der Waals surface area contributed by atoms with Gasteiger partial charge in [0.2, 0.25) is 0 Å². The van der Waals surface area contributed by atoms with Crippen molar-refractivity contribution < 1.29 is 14.3 Å². The largest absolute Gasteiger partial charge is 0.482 e. The fourth-order valence-electron chi connectivity index (χ4n) is 2.14. The molecule has 0 atom stereocenters. The summed E-state index contributed by atoms with van der Waals surface area (Å²) in [5, 5.41) is 3.08. The second-order valence-corrected chi connectivity index (χ2v) is 4.64. The lowest BCUT2D eigenvalue weighted by Crippen LogP contribution is -2.46. The third-order valence-corrected chi connectivity index (χ3v) is 3.48. The van der Waals surface area contributed by atoms with E-state index in [1.54, 1.807) is 25.2 Å². The van der Waals surface area contributed by atoms with Crippen molar-refractivity contribution in [3.63, 3.8) is 0 Å². The van der Waals surface area contributed by atoms with Gasteiger partial charge in [0.1, 0.15) is 5.75 Å². The third-order valence-electron chi connectivity index (χ3n) is 3.48. The van der Waals surface area contributed by atoms with Gasteiger partial charge in [-0.2, -0.15) is 0 Å². The SMILES string of the molecule is CN1C(=O)COc2ccc(C(=O)C3CNC3)cc21. The number of hydrogen-bond donors (Lipinski definition) is 1. The van der Waals surface area contributed by atoms with Crippen molar-refractivity contribution in [1.82, 2.24) is 5.32 Å². The summed E-state index contributed by atoms with van der Waals surface area (Å²) in [7, 11) is 1.70. The Morgan fingerprint density at radius 2 is 2.22 bits per heavy atom. The molecule has 2 aliphatic heterocycles. The second-order valence-electron chi connectivity index (χ2n) is 4.64. The summed E-state index contributed by atoms with van der Waals surface area (Å²) >= 11 is 0. The predicted octanol–water partition coefficient (Wildman–Crippen LogP) is 0.444. The minimum Gasteiger partial charge on any atom is -0.482 e. The zero-order chi connectivity index (χ0) is 12.7. The summed E-state index contributed by atoms with van der Waals surface area (Å²) < 4.78 is 5.33. The summed E-state index contributed by atoms with van der Waals surface area (Å²) in [6.07, 6.45) is 0. The first-order chi connectivity index (χ1) is 8.66. The highest BCUT2D eigenvalue weighted by atomic mass is 16.5. The first-order valence-corrected chi connectivity index (χ1v) is 5.95. The van der Waals surface area contributed by atoms with Crippen LogP contribution in [0.5, 0.6) is 5.75 Å². The number of ether oxygens (including phenoxy) is 1. The van der Waals surface area contributed by atoms with E-state index in [2.05, 4.69) is 5.32 Å². The lowest BCUT2D eigenvalue weighted by molar-refractivity contribution is -0.120. The Balaban J connectivity index is 1.94. The molecule has 1 saturated heterocycles. The Morgan fingerprint density at radius 3 is 2.89 bits per heavy atom. The Bertz CT molecular complexity index is 523. The number of carbonyl (C=O) groups is 2. The van der Waals surface area contributed by atoms with E-state index in [1.807, 2.05) is 0 Å². The van der Waals surface area contributed by atoms with Gasteiger partial charge >= 0.3 is 0 Å². The van der Waals surface area contributed by atoms with Crippen molar-refractivity contribution in [2.24, 2.45) is 5.92 Å². The van der Waals surface area contributed by atoms with Crippen LogP contribution in [0.1, 0.15) is 10.4 Å². The maximum atomic E-state index is 12.1. The topological polar surface area (TPSA) is 58.6 Å². The van der Waals surface area contributed by atoms with Crippen LogP contribution in [0.2, 0.25) is 0 Å². The van der Waals surface area contributed by atoms with Crippen LogP contribution in [0.25, 0.3) is 0 Å². The Labute approximate surface area is 105 Å². The highest BCUT2D eigenvalue weighted by molar-refractivity contribution is 6.02. The number of benzene rings is 1. The number of Topliss-reactive ketones (excluding diaryl/α,β-unsaturated/α-hetero) is 1. The molecule has 1 aromatic carbocycles. The van der Waals surface area contributed by atoms with E-state index in [1.165, 1.54) is 4.90 Å². The fourth-order valence-corrected chi connectivity index (χ4v) is 2.14. The van der Waals surface area contributed by atoms with Gasteiger partial charge in [0, 0.05) is 31.6 Å². The highest BCUT2D eigenvalue weighted by Crippen LogP contribution is 2.32. The van der Waals surface area contributed by atoms with Crippen molar-refractivity contribution in [3.05, 3.63) is 23.8 Å². The van der Waals surface area contributed by atoms with E-state index in [4.69, 9.17) is 4.74 Å². The van der Waals surface area contributed by atoms with E-state index in [-0.39, 0.29) is 24.2 Å². The van der Waals surface area contributed by atoms with Gasteiger partial charge in [-0.1, -0.05) is 0 Å².